The lowest BCUT2D eigenvalue weighted by Gasteiger charge is -2.08. The quantitative estimate of drug-likeness (QED) is 0.579. The van der Waals surface area contributed by atoms with Crippen LogP contribution < -0.4 is 10.6 Å². The highest BCUT2D eigenvalue weighted by atomic mass is 16.3. The van der Waals surface area contributed by atoms with Crippen LogP contribution in [0.1, 0.15) is 48.2 Å². The molecule has 30 heavy (non-hydrogen) atoms. The van der Waals surface area contributed by atoms with Crippen molar-refractivity contribution in [1.29, 1.82) is 0 Å². The fourth-order valence-electron chi connectivity index (χ4n) is 3.20. The van der Waals surface area contributed by atoms with Crippen molar-refractivity contribution in [2.24, 2.45) is 0 Å². The van der Waals surface area contributed by atoms with Gasteiger partial charge in [-0.05, 0) is 49.6 Å². The predicted octanol–water partition coefficient (Wildman–Crippen LogP) is 3.75. The zero-order chi connectivity index (χ0) is 21.1. The molecule has 1 aliphatic rings. The van der Waals surface area contributed by atoms with E-state index in [4.69, 9.17) is 0 Å². The summed E-state index contributed by atoms with van der Waals surface area (Å²) < 4.78 is 1.40. The first-order valence-electron chi connectivity index (χ1n) is 9.99. The minimum absolute atomic E-state index is 0.0245. The third kappa shape index (κ3) is 4.17. The van der Waals surface area contributed by atoms with E-state index >= 15 is 0 Å². The normalized spacial score (nSPS) is 13.1. The topological polar surface area (TPSA) is 109 Å². The molecule has 1 fully saturated rings. The van der Waals surface area contributed by atoms with E-state index in [-0.39, 0.29) is 17.7 Å². The highest BCUT2D eigenvalue weighted by molar-refractivity contribution is 6.04. The van der Waals surface area contributed by atoms with Gasteiger partial charge in [-0.25, -0.2) is 4.79 Å². The molecule has 0 unspecified atom stereocenters. The minimum atomic E-state index is -0.294. The average Bonchev–Trinajstić information content (AvgIpc) is 3.51. The lowest BCUT2D eigenvalue weighted by Crippen LogP contribution is -2.31. The minimum Gasteiger partial charge on any atom is -0.507 e. The van der Waals surface area contributed by atoms with Gasteiger partial charge in [-0.15, -0.1) is 0 Å². The first-order valence-corrected chi connectivity index (χ1v) is 9.99. The van der Waals surface area contributed by atoms with E-state index in [9.17, 15) is 14.7 Å². The van der Waals surface area contributed by atoms with E-state index in [0.29, 0.717) is 35.0 Å². The lowest BCUT2D eigenvalue weighted by molar-refractivity contribution is 0.102. The number of hydrogen-bond donors (Lipinski definition) is 3. The highest BCUT2D eigenvalue weighted by Gasteiger charge is 2.30. The summed E-state index contributed by atoms with van der Waals surface area (Å²) in [5.74, 6) is 0.000581. The number of aromatic nitrogens is 3. The summed E-state index contributed by atoms with van der Waals surface area (Å²) in [6.45, 7) is 2.57. The Bertz CT molecular complexity index is 1070. The molecule has 8 heteroatoms. The molecule has 3 aromatic rings. The van der Waals surface area contributed by atoms with Gasteiger partial charge < -0.3 is 15.7 Å². The molecule has 1 aromatic carbocycles. The van der Waals surface area contributed by atoms with Crippen molar-refractivity contribution >= 4 is 17.6 Å². The summed E-state index contributed by atoms with van der Waals surface area (Å²) in [4.78, 5) is 28.7. The molecule has 1 saturated carbocycles. The summed E-state index contributed by atoms with van der Waals surface area (Å²) >= 11 is 0. The van der Waals surface area contributed by atoms with Crippen LogP contribution in [-0.4, -0.2) is 38.4 Å². The molecule has 2 aromatic heterocycles. The largest absolute Gasteiger partial charge is 0.507 e. The van der Waals surface area contributed by atoms with Crippen LogP contribution in [0.4, 0.5) is 10.5 Å². The van der Waals surface area contributed by atoms with Crippen molar-refractivity contribution in [3.63, 3.8) is 0 Å². The van der Waals surface area contributed by atoms with E-state index in [1.54, 1.807) is 36.7 Å². The Hall–Kier alpha value is -3.68. The molecule has 0 saturated heterocycles. The second kappa shape index (κ2) is 8.36. The molecule has 0 bridgehead atoms. The van der Waals surface area contributed by atoms with Crippen molar-refractivity contribution in [3.8, 4) is 17.0 Å². The van der Waals surface area contributed by atoms with Crippen molar-refractivity contribution in [3.05, 3.63) is 60.0 Å². The van der Waals surface area contributed by atoms with Crippen LogP contribution in [0.2, 0.25) is 0 Å². The summed E-state index contributed by atoms with van der Waals surface area (Å²) in [6, 6.07) is 9.67. The van der Waals surface area contributed by atoms with Gasteiger partial charge in [-0.2, -0.15) is 9.78 Å². The zero-order valence-corrected chi connectivity index (χ0v) is 16.6. The number of pyridine rings is 1. The molecule has 3 N–H and O–H groups in total. The van der Waals surface area contributed by atoms with E-state index < -0.39 is 0 Å². The summed E-state index contributed by atoms with van der Waals surface area (Å²) in [5.41, 5.74) is 2.81. The number of nitrogens with one attached hydrogen (secondary N) is 2. The van der Waals surface area contributed by atoms with Gasteiger partial charge in [-0.1, -0.05) is 6.92 Å². The molecule has 1 aliphatic carbocycles. The number of aromatic hydroxyl groups is 1. The van der Waals surface area contributed by atoms with Crippen LogP contribution in [0.15, 0.2) is 48.8 Å². The van der Waals surface area contributed by atoms with Crippen LogP contribution in [-0.2, 0) is 0 Å². The van der Waals surface area contributed by atoms with Gasteiger partial charge in [-0.3, -0.25) is 9.78 Å². The fourth-order valence-corrected chi connectivity index (χ4v) is 3.20. The Kier molecular flexibility index (Phi) is 5.47. The van der Waals surface area contributed by atoms with Crippen molar-refractivity contribution in [2.45, 2.75) is 32.1 Å². The maximum absolute atomic E-state index is 12.5. The van der Waals surface area contributed by atoms with E-state index in [1.807, 2.05) is 13.0 Å². The van der Waals surface area contributed by atoms with E-state index in [0.717, 1.165) is 25.0 Å². The number of rotatable bonds is 6. The maximum Gasteiger partial charge on any atom is 0.342 e. The first-order chi connectivity index (χ1) is 14.6. The van der Waals surface area contributed by atoms with Crippen LogP contribution in [0.25, 0.3) is 11.3 Å². The van der Waals surface area contributed by atoms with Crippen LogP contribution in [0, 0.1) is 0 Å². The Balaban J connectivity index is 1.57. The highest BCUT2D eigenvalue weighted by Crippen LogP contribution is 2.42. The fraction of sp³-hybridized carbons (Fsp3) is 0.273. The number of amides is 2. The van der Waals surface area contributed by atoms with Gasteiger partial charge in [0.1, 0.15) is 5.75 Å². The number of carbonyl (C=O) groups is 2. The molecule has 4 rings (SSSR count). The molecule has 8 nitrogen and oxygen atoms in total. The predicted molar refractivity (Wildman–Crippen MR) is 113 cm³/mol. The second-order valence-electron chi connectivity index (χ2n) is 7.29. The number of hydrogen-bond acceptors (Lipinski definition) is 5. The van der Waals surface area contributed by atoms with Gasteiger partial charge >= 0.3 is 6.03 Å². The van der Waals surface area contributed by atoms with Crippen molar-refractivity contribution < 1.29 is 14.7 Å². The van der Waals surface area contributed by atoms with Crippen molar-refractivity contribution in [1.82, 2.24) is 20.1 Å². The summed E-state index contributed by atoms with van der Waals surface area (Å²) in [6.07, 6.45) is 5.97. The number of benzene rings is 1. The third-order valence-corrected chi connectivity index (χ3v) is 4.93. The molecular weight excluding hydrogens is 382 g/mol. The Morgan fingerprint density at radius 3 is 2.60 bits per heavy atom. The molecule has 0 spiro atoms. The number of anilines is 1. The van der Waals surface area contributed by atoms with Gasteiger partial charge in [0.05, 0.1) is 11.4 Å². The monoisotopic (exact) mass is 405 g/mol. The summed E-state index contributed by atoms with van der Waals surface area (Å²) in [5, 5.41) is 20.6. The SMILES string of the molecule is CCCNC(=O)n1nc(-c2ccc(NC(=O)c3ccncc3)cc2O)cc1C1CC1. The zero-order valence-electron chi connectivity index (χ0n) is 16.6. The Labute approximate surface area is 174 Å². The smallest absolute Gasteiger partial charge is 0.342 e. The van der Waals surface area contributed by atoms with Crippen LogP contribution in [0.3, 0.4) is 0 Å². The van der Waals surface area contributed by atoms with Gasteiger partial charge in [0.25, 0.3) is 5.91 Å². The van der Waals surface area contributed by atoms with Gasteiger partial charge in [0.15, 0.2) is 0 Å². The molecule has 0 aliphatic heterocycles. The molecule has 154 valence electrons. The number of carbonyl (C=O) groups excluding carboxylic acids is 2. The van der Waals surface area contributed by atoms with E-state index in [2.05, 4.69) is 20.7 Å². The van der Waals surface area contributed by atoms with E-state index in [1.165, 1.54) is 10.7 Å². The first kappa shape index (κ1) is 19.6. The maximum atomic E-state index is 12.5. The van der Waals surface area contributed by atoms with Crippen LogP contribution in [0.5, 0.6) is 5.75 Å². The number of phenols is 1. The van der Waals surface area contributed by atoms with Gasteiger partial charge in [0.2, 0.25) is 0 Å². The molecule has 2 amide bonds. The molecular formula is C22H23N5O3. The molecule has 0 atom stereocenters. The molecule has 0 radical (unpaired) electrons. The Morgan fingerprint density at radius 1 is 1.17 bits per heavy atom. The lowest BCUT2D eigenvalue weighted by atomic mass is 10.1. The summed E-state index contributed by atoms with van der Waals surface area (Å²) in [7, 11) is 0. The number of nitrogens with zero attached hydrogens (tertiary/aromatic N) is 3. The standard InChI is InChI=1S/C22H23N5O3/c1-2-9-24-22(30)27-19(14-3-4-14)13-18(26-27)17-6-5-16(12-20(17)28)25-21(29)15-7-10-23-11-8-15/h5-8,10-14,28H,2-4,9H2,1H3,(H,24,30)(H,25,29). The third-order valence-electron chi connectivity index (χ3n) is 4.93. The number of phenolic OH excluding ortho intramolecular Hbond substituents is 1. The molecule has 2 heterocycles. The van der Waals surface area contributed by atoms with Crippen LogP contribution >= 0.6 is 0 Å². The Morgan fingerprint density at radius 2 is 1.93 bits per heavy atom. The average molecular weight is 405 g/mol. The van der Waals surface area contributed by atoms with Gasteiger partial charge in [0, 0.05) is 47.7 Å². The van der Waals surface area contributed by atoms with Crippen molar-refractivity contribution in [2.75, 3.05) is 11.9 Å². The second-order valence-corrected chi connectivity index (χ2v) is 7.29.